The lowest BCUT2D eigenvalue weighted by atomic mass is 10.2. The minimum Gasteiger partial charge on any atom is -0.330 e. The van der Waals surface area contributed by atoms with Crippen LogP contribution >= 0.6 is 39.7 Å². The molecule has 0 saturated carbocycles. The number of rotatable bonds is 1. The van der Waals surface area contributed by atoms with Gasteiger partial charge < -0.3 is 4.98 Å². The van der Waals surface area contributed by atoms with Crippen LogP contribution in [-0.4, -0.2) is 9.55 Å². The second-order valence-corrected chi connectivity index (χ2v) is 6.59. The lowest BCUT2D eigenvalue weighted by molar-refractivity contribution is 0.620. The van der Waals surface area contributed by atoms with Crippen LogP contribution in [0.25, 0.3) is 16.7 Å². The molecule has 0 aliphatic heterocycles. The molecule has 1 heterocycles. The molecule has 108 valence electrons. The monoisotopic (exact) mass is 384 g/mol. The maximum absolute atomic E-state index is 13.7. The van der Waals surface area contributed by atoms with E-state index >= 15 is 0 Å². The molecule has 3 rings (SSSR count). The van der Waals surface area contributed by atoms with E-state index in [2.05, 4.69) is 20.9 Å². The Morgan fingerprint density at radius 1 is 1.19 bits per heavy atom. The number of halogens is 3. The molecule has 6 heteroatoms. The SMILES string of the molecule is Cc1cc2c(cc1F)[nH]c(=S)n2-c1cc(Cl)c(C)cc1Br. The van der Waals surface area contributed by atoms with Crippen molar-refractivity contribution in [2.45, 2.75) is 13.8 Å². The first-order chi connectivity index (χ1) is 9.88. The minimum absolute atomic E-state index is 0.257. The average molecular weight is 386 g/mol. The van der Waals surface area contributed by atoms with Crippen molar-refractivity contribution in [2.24, 2.45) is 0 Å². The van der Waals surface area contributed by atoms with Crippen LogP contribution < -0.4 is 0 Å². The highest BCUT2D eigenvalue weighted by atomic mass is 79.9. The zero-order chi connectivity index (χ0) is 15.3. The number of nitrogens with one attached hydrogen (secondary N) is 1. The molecule has 2 aromatic carbocycles. The van der Waals surface area contributed by atoms with E-state index in [1.165, 1.54) is 6.07 Å². The van der Waals surface area contributed by atoms with E-state index in [1.54, 1.807) is 13.0 Å². The Kier molecular flexibility index (Phi) is 3.67. The molecule has 0 atom stereocenters. The van der Waals surface area contributed by atoms with E-state index in [9.17, 15) is 4.39 Å². The van der Waals surface area contributed by atoms with Crippen LogP contribution in [0.1, 0.15) is 11.1 Å². The molecule has 2 nitrogen and oxygen atoms in total. The fourth-order valence-corrected chi connectivity index (χ4v) is 3.38. The molecule has 0 bridgehead atoms. The number of hydrogen-bond acceptors (Lipinski definition) is 1. The van der Waals surface area contributed by atoms with Gasteiger partial charge in [0.15, 0.2) is 4.77 Å². The zero-order valence-electron chi connectivity index (χ0n) is 11.3. The Morgan fingerprint density at radius 3 is 2.62 bits per heavy atom. The van der Waals surface area contributed by atoms with Gasteiger partial charge in [-0.2, -0.15) is 0 Å². The van der Waals surface area contributed by atoms with Gasteiger partial charge in [0, 0.05) is 9.50 Å². The van der Waals surface area contributed by atoms with Crippen molar-refractivity contribution in [1.82, 2.24) is 9.55 Å². The van der Waals surface area contributed by atoms with Crippen molar-refractivity contribution < 1.29 is 4.39 Å². The molecule has 0 spiro atoms. The topological polar surface area (TPSA) is 20.7 Å². The second-order valence-electron chi connectivity index (χ2n) is 4.94. The van der Waals surface area contributed by atoms with Crippen LogP contribution in [0.2, 0.25) is 5.02 Å². The number of aromatic amines is 1. The fraction of sp³-hybridized carbons (Fsp3) is 0.133. The number of aryl methyl sites for hydroxylation is 2. The molecule has 0 saturated heterocycles. The smallest absolute Gasteiger partial charge is 0.182 e. The summed E-state index contributed by atoms with van der Waals surface area (Å²) >= 11 is 15.1. The normalized spacial score (nSPS) is 11.3. The van der Waals surface area contributed by atoms with Gasteiger partial charge in [-0.25, -0.2) is 4.39 Å². The number of H-pyrrole nitrogens is 1. The highest BCUT2D eigenvalue weighted by molar-refractivity contribution is 9.10. The molecule has 0 amide bonds. The molecular weight excluding hydrogens is 375 g/mol. The number of hydrogen-bond donors (Lipinski definition) is 1. The van der Waals surface area contributed by atoms with E-state index in [0.717, 1.165) is 21.2 Å². The molecule has 3 aromatic rings. The summed E-state index contributed by atoms with van der Waals surface area (Å²) in [7, 11) is 0. The van der Waals surface area contributed by atoms with E-state index in [0.29, 0.717) is 20.9 Å². The standard InChI is InChI=1S/C15H11BrClFN2S/c1-7-3-9(16)13(5-10(7)17)20-14-4-8(2)11(18)6-12(14)19-15(20)21/h3-6H,1-2H3,(H,19,21). The molecular formula is C15H11BrClFN2S. The Bertz CT molecular complexity index is 930. The summed E-state index contributed by atoms with van der Waals surface area (Å²) < 4.78 is 16.9. The number of aromatic nitrogens is 2. The number of nitrogens with zero attached hydrogens (tertiary/aromatic N) is 1. The van der Waals surface area contributed by atoms with Gasteiger partial charge in [-0.1, -0.05) is 11.6 Å². The molecule has 0 fully saturated rings. The maximum Gasteiger partial charge on any atom is 0.182 e. The zero-order valence-corrected chi connectivity index (χ0v) is 14.5. The minimum atomic E-state index is -0.257. The van der Waals surface area contributed by atoms with Gasteiger partial charge >= 0.3 is 0 Å². The number of fused-ring (bicyclic) bond motifs is 1. The fourth-order valence-electron chi connectivity index (χ4n) is 2.28. The highest BCUT2D eigenvalue weighted by Gasteiger charge is 2.13. The summed E-state index contributed by atoms with van der Waals surface area (Å²) in [6.07, 6.45) is 0. The molecule has 21 heavy (non-hydrogen) atoms. The highest BCUT2D eigenvalue weighted by Crippen LogP contribution is 2.31. The van der Waals surface area contributed by atoms with Gasteiger partial charge in [0.1, 0.15) is 5.82 Å². The largest absolute Gasteiger partial charge is 0.330 e. The van der Waals surface area contributed by atoms with E-state index in [1.807, 2.05) is 23.6 Å². The first-order valence-corrected chi connectivity index (χ1v) is 7.83. The predicted octanol–water partition coefficient (Wildman–Crippen LogP) is 5.86. The summed E-state index contributed by atoms with van der Waals surface area (Å²) in [5.74, 6) is -0.257. The summed E-state index contributed by atoms with van der Waals surface area (Å²) in [6, 6.07) is 7.02. The van der Waals surface area contributed by atoms with Crippen molar-refractivity contribution in [1.29, 1.82) is 0 Å². The first kappa shape index (κ1) is 14.8. The van der Waals surface area contributed by atoms with Crippen LogP contribution in [0.5, 0.6) is 0 Å². The van der Waals surface area contributed by atoms with Crippen LogP contribution in [0.4, 0.5) is 4.39 Å². The number of imidazole rings is 1. The van der Waals surface area contributed by atoms with Gasteiger partial charge in [-0.15, -0.1) is 0 Å². The predicted molar refractivity (Wildman–Crippen MR) is 90.6 cm³/mol. The average Bonchev–Trinajstić information content (AvgIpc) is 2.70. The lowest BCUT2D eigenvalue weighted by Gasteiger charge is -2.10. The third-order valence-corrected chi connectivity index (χ3v) is 4.76. The summed E-state index contributed by atoms with van der Waals surface area (Å²) in [5.41, 5.74) is 3.85. The van der Waals surface area contributed by atoms with Crippen molar-refractivity contribution in [2.75, 3.05) is 0 Å². The van der Waals surface area contributed by atoms with Gasteiger partial charge in [-0.3, -0.25) is 4.57 Å². The van der Waals surface area contributed by atoms with E-state index < -0.39 is 0 Å². The van der Waals surface area contributed by atoms with Gasteiger partial charge in [-0.05, 0) is 77.4 Å². The van der Waals surface area contributed by atoms with E-state index in [-0.39, 0.29) is 5.82 Å². The molecule has 1 N–H and O–H groups in total. The third kappa shape index (κ3) is 2.43. The Balaban J connectivity index is 2.40. The first-order valence-electron chi connectivity index (χ1n) is 6.25. The van der Waals surface area contributed by atoms with Crippen LogP contribution in [-0.2, 0) is 0 Å². The Morgan fingerprint density at radius 2 is 1.90 bits per heavy atom. The molecule has 0 radical (unpaired) electrons. The third-order valence-electron chi connectivity index (χ3n) is 3.43. The van der Waals surface area contributed by atoms with Gasteiger partial charge in [0.05, 0.1) is 16.7 Å². The molecule has 0 aliphatic carbocycles. The number of benzene rings is 2. The van der Waals surface area contributed by atoms with Gasteiger partial charge in [0.25, 0.3) is 0 Å². The quantitative estimate of drug-likeness (QED) is 0.520. The summed E-state index contributed by atoms with van der Waals surface area (Å²) in [5, 5.41) is 0.656. The van der Waals surface area contributed by atoms with Crippen LogP contribution in [0, 0.1) is 24.4 Å². The van der Waals surface area contributed by atoms with Gasteiger partial charge in [0.2, 0.25) is 0 Å². The molecule has 0 unspecified atom stereocenters. The summed E-state index contributed by atoms with van der Waals surface area (Å²) in [6.45, 7) is 3.66. The molecule has 1 aromatic heterocycles. The lowest BCUT2D eigenvalue weighted by Crippen LogP contribution is -1.97. The Labute approximate surface area is 139 Å². The maximum atomic E-state index is 13.7. The van der Waals surface area contributed by atoms with Crippen molar-refractivity contribution in [3.8, 4) is 5.69 Å². The van der Waals surface area contributed by atoms with Crippen molar-refractivity contribution >= 4 is 50.8 Å². The summed E-state index contributed by atoms with van der Waals surface area (Å²) in [4.78, 5) is 3.03. The Hall–Kier alpha value is -1.17. The van der Waals surface area contributed by atoms with Crippen molar-refractivity contribution in [3.63, 3.8) is 0 Å². The van der Waals surface area contributed by atoms with Crippen molar-refractivity contribution in [3.05, 3.63) is 55.5 Å². The van der Waals surface area contributed by atoms with Crippen LogP contribution in [0.3, 0.4) is 0 Å². The molecule has 0 aliphatic rings. The second kappa shape index (κ2) is 5.23. The van der Waals surface area contributed by atoms with Crippen LogP contribution in [0.15, 0.2) is 28.7 Å². The van der Waals surface area contributed by atoms with E-state index in [4.69, 9.17) is 23.8 Å².